The molecule has 0 atom stereocenters. The maximum absolute atomic E-state index is 14.2. The van der Waals surface area contributed by atoms with Gasteiger partial charge in [-0.1, -0.05) is 13.8 Å². The van der Waals surface area contributed by atoms with E-state index in [1.165, 1.54) is 0 Å². The fourth-order valence-corrected chi connectivity index (χ4v) is 1.58. The van der Waals surface area contributed by atoms with E-state index in [9.17, 15) is 4.39 Å². The van der Waals surface area contributed by atoms with Gasteiger partial charge in [-0.25, -0.2) is 9.37 Å². The first kappa shape index (κ1) is 15.9. The van der Waals surface area contributed by atoms with Crippen LogP contribution in [0, 0.1) is 11.7 Å². The van der Waals surface area contributed by atoms with Crippen molar-refractivity contribution in [3.8, 4) is 0 Å². The molecule has 0 radical (unpaired) electrons. The second-order valence-corrected chi connectivity index (χ2v) is 6.35. The Morgan fingerprint density at radius 2 is 2.00 bits per heavy atom. The number of hydrogen-bond acceptors (Lipinski definition) is 3. The Bertz CT molecular complexity index is 397. The van der Waals surface area contributed by atoms with Crippen molar-refractivity contribution < 1.29 is 4.39 Å². The summed E-state index contributed by atoms with van der Waals surface area (Å²) in [7, 11) is 0. The van der Waals surface area contributed by atoms with Crippen molar-refractivity contribution in [2.75, 3.05) is 11.9 Å². The SMILES string of the molecule is CC(C)CCNc1nccc(CNC(C)(C)C)c1F. The lowest BCUT2D eigenvalue weighted by Gasteiger charge is -2.21. The molecule has 0 saturated carbocycles. The van der Waals surface area contributed by atoms with Gasteiger partial charge in [-0.2, -0.15) is 0 Å². The molecule has 108 valence electrons. The summed E-state index contributed by atoms with van der Waals surface area (Å²) in [5.41, 5.74) is 0.623. The summed E-state index contributed by atoms with van der Waals surface area (Å²) < 4.78 is 14.2. The van der Waals surface area contributed by atoms with Crippen LogP contribution in [0.4, 0.5) is 10.2 Å². The second kappa shape index (κ2) is 6.85. The van der Waals surface area contributed by atoms with Crippen LogP contribution in [0.5, 0.6) is 0 Å². The Balaban J connectivity index is 2.64. The lowest BCUT2D eigenvalue weighted by atomic mass is 10.1. The molecule has 0 aliphatic heterocycles. The Morgan fingerprint density at radius 3 is 2.58 bits per heavy atom. The fourth-order valence-electron chi connectivity index (χ4n) is 1.58. The van der Waals surface area contributed by atoms with Crippen molar-refractivity contribution >= 4 is 5.82 Å². The molecular formula is C15H26FN3. The van der Waals surface area contributed by atoms with Gasteiger partial charge in [-0.3, -0.25) is 0 Å². The van der Waals surface area contributed by atoms with Crippen LogP contribution in [0.2, 0.25) is 0 Å². The number of anilines is 1. The zero-order valence-electron chi connectivity index (χ0n) is 12.7. The maximum atomic E-state index is 14.2. The molecule has 3 nitrogen and oxygen atoms in total. The first-order valence-corrected chi connectivity index (χ1v) is 6.92. The van der Waals surface area contributed by atoms with Crippen molar-refractivity contribution in [3.05, 3.63) is 23.6 Å². The molecule has 0 bridgehead atoms. The van der Waals surface area contributed by atoms with Gasteiger partial charge in [0.05, 0.1) is 0 Å². The van der Waals surface area contributed by atoms with Gasteiger partial charge in [0.25, 0.3) is 0 Å². The molecule has 0 spiro atoms. The molecule has 19 heavy (non-hydrogen) atoms. The van der Waals surface area contributed by atoms with Crippen molar-refractivity contribution in [3.63, 3.8) is 0 Å². The number of nitrogens with zero attached hydrogens (tertiary/aromatic N) is 1. The minimum atomic E-state index is -0.247. The summed E-state index contributed by atoms with van der Waals surface area (Å²) in [5.74, 6) is 0.707. The maximum Gasteiger partial charge on any atom is 0.169 e. The average molecular weight is 267 g/mol. The van der Waals surface area contributed by atoms with Crippen LogP contribution in [0.3, 0.4) is 0 Å². The smallest absolute Gasteiger partial charge is 0.169 e. The summed E-state index contributed by atoms with van der Waals surface area (Å²) in [6, 6.07) is 1.72. The van der Waals surface area contributed by atoms with E-state index in [1.54, 1.807) is 12.3 Å². The Kier molecular flexibility index (Phi) is 5.73. The third-order valence-corrected chi connectivity index (χ3v) is 2.79. The molecule has 1 aromatic heterocycles. The molecule has 0 aliphatic rings. The van der Waals surface area contributed by atoms with E-state index >= 15 is 0 Å². The van der Waals surface area contributed by atoms with Crippen molar-refractivity contribution in [1.82, 2.24) is 10.3 Å². The van der Waals surface area contributed by atoms with Crippen LogP contribution in [-0.4, -0.2) is 17.1 Å². The second-order valence-electron chi connectivity index (χ2n) is 6.35. The number of halogens is 1. The predicted molar refractivity (Wildman–Crippen MR) is 78.7 cm³/mol. The van der Waals surface area contributed by atoms with Crippen LogP contribution < -0.4 is 10.6 Å². The van der Waals surface area contributed by atoms with Gasteiger partial charge in [0, 0.05) is 30.4 Å². The first-order chi connectivity index (χ1) is 8.79. The zero-order chi connectivity index (χ0) is 14.5. The lowest BCUT2D eigenvalue weighted by Crippen LogP contribution is -2.35. The number of rotatable bonds is 6. The summed E-state index contributed by atoms with van der Waals surface area (Å²) in [4.78, 5) is 4.07. The standard InChI is InChI=1S/C15H26FN3/c1-11(2)6-8-17-14-13(16)12(7-9-18-14)10-19-15(3,4)5/h7,9,11,19H,6,8,10H2,1-5H3,(H,17,18). The van der Waals surface area contributed by atoms with E-state index < -0.39 is 0 Å². The van der Waals surface area contributed by atoms with Gasteiger partial charge in [0.15, 0.2) is 11.6 Å². The van der Waals surface area contributed by atoms with Gasteiger partial charge >= 0.3 is 0 Å². The Morgan fingerprint density at radius 1 is 1.32 bits per heavy atom. The molecule has 0 amide bonds. The lowest BCUT2D eigenvalue weighted by molar-refractivity contribution is 0.418. The third-order valence-electron chi connectivity index (χ3n) is 2.79. The van der Waals surface area contributed by atoms with Gasteiger partial charge in [0.2, 0.25) is 0 Å². The van der Waals surface area contributed by atoms with Crippen molar-refractivity contribution in [2.24, 2.45) is 5.92 Å². The topological polar surface area (TPSA) is 37.0 Å². The van der Waals surface area contributed by atoms with Gasteiger partial charge < -0.3 is 10.6 Å². The number of aromatic nitrogens is 1. The van der Waals surface area contributed by atoms with Gasteiger partial charge in [-0.15, -0.1) is 0 Å². The van der Waals surface area contributed by atoms with E-state index in [1.807, 2.05) is 0 Å². The summed E-state index contributed by atoms with van der Waals surface area (Å²) >= 11 is 0. The number of hydrogen-bond donors (Lipinski definition) is 2. The van der Waals surface area contributed by atoms with Gasteiger partial charge in [-0.05, 0) is 39.2 Å². The molecule has 0 aliphatic carbocycles. The van der Waals surface area contributed by atoms with Crippen LogP contribution in [-0.2, 0) is 6.54 Å². The third kappa shape index (κ3) is 6.01. The van der Waals surface area contributed by atoms with Crippen LogP contribution >= 0.6 is 0 Å². The monoisotopic (exact) mass is 267 g/mol. The quantitative estimate of drug-likeness (QED) is 0.827. The van der Waals surface area contributed by atoms with E-state index in [0.717, 1.165) is 13.0 Å². The average Bonchev–Trinajstić information content (AvgIpc) is 2.28. The number of nitrogens with one attached hydrogen (secondary N) is 2. The minimum absolute atomic E-state index is 0.0268. The Hall–Kier alpha value is -1.16. The zero-order valence-corrected chi connectivity index (χ0v) is 12.7. The highest BCUT2D eigenvalue weighted by Gasteiger charge is 2.13. The molecule has 1 rings (SSSR count). The highest BCUT2D eigenvalue weighted by molar-refractivity contribution is 5.39. The molecule has 0 unspecified atom stereocenters. The van der Waals surface area contributed by atoms with Crippen LogP contribution in [0.25, 0.3) is 0 Å². The Labute approximate surface area is 116 Å². The normalized spacial score (nSPS) is 11.9. The van der Waals surface area contributed by atoms with Crippen molar-refractivity contribution in [1.29, 1.82) is 0 Å². The highest BCUT2D eigenvalue weighted by atomic mass is 19.1. The summed E-state index contributed by atoms with van der Waals surface area (Å²) in [6.07, 6.45) is 2.66. The summed E-state index contributed by atoms with van der Waals surface area (Å²) in [5, 5.41) is 6.35. The molecule has 2 N–H and O–H groups in total. The molecule has 0 saturated heterocycles. The molecule has 0 aromatic carbocycles. The molecule has 1 heterocycles. The van der Waals surface area contributed by atoms with Crippen molar-refractivity contribution in [2.45, 2.75) is 53.1 Å². The molecule has 1 aromatic rings. The van der Waals surface area contributed by atoms with E-state index in [-0.39, 0.29) is 11.4 Å². The van der Waals surface area contributed by atoms with E-state index in [2.05, 4.69) is 50.2 Å². The molecular weight excluding hydrogens is 241 g/mol. The van der Waals surface area contributed by atoms with E-state index in [4.69, 9.17) is 0 Å². The first-order valence-electron chi connectivity index (χ1n) is 6.92. The number of pyridine rings is 1. The molecule has 0 fully saturated rings. The highest BCUT2D eigenvalue weighted by Crippen LogP contribution is 2.16. The minimum Gasteiger partial charge on any atom is -0.368 e. The molecule has 4 heteroatoms. The van der Waals surface area contributed by atoms with Crippen LogP contribution in [0.15, 0.2) is 12.3 Å². The van der Waals surface area contributed by atoms with Gasteiger partial charge in [0.1, 0.15) is 0 Å². The van der Waals surface area contributed by atoms with E-state index in [0.29, 0.717) is 23.8 Å². The summed E-state index contributed by atoms with van der Waals surface area (Å²) in [6.45, 7) is 11.7. The van der Waals surface area contributed by atoms with Crippen LogP contribution in [0.1, 0.15) is 46.6 Å². The predicted octanol–water partition coefficient (Wildman–Crippen LogP) is 3.57. The largest absolute Gasteiger partial charge is 0.368 e. The fraction of sp³-hybridized carbons (Fsp3) is 0.667.